The number of hydrogen-bond donors (Lipinski definition) is 3. The normalized spacial score (nSPS) is 24.7. The molecule has 2 fully saturated rings. The molecule has 2 aliphatic heterocycles. The van der Waals surface area contributed by atoms with E-state index in [0.29, 0.717) is 10.2 Å². The van der Waals surface area contributed by atoms with E-state index < -0.39 is 51.1 Å². The third-order valence-corrected chi connectivity index (χ3v) is 7.11. The van der Waals surface area contributed by atoms with E-state index in [2.05, 4.69) is 17.6 Å². The number of nitrogens with zero attached hydrogens (tertiary/aromatic N) is 1. The van der Waals surface area contributed by atoms with Gasteiger partial charge in [-0.2, -0.15) is 26.3 Å². The highest BCUT2D eigenvalue weighted by Crippen LogP contribution is 2.44. The number of benzene rings is 1. The number of sulfone groups is 1. The summed E-state index contributed by atoms with van der Waals surface area (Å²) >= 11 is 0. The van der Waals surface area contributed by atoms with E-state index in [4.69, 9.17) is 9.90 Å². The number of likely N-dealkylation sites (tertiary alicyclic amines) is 1. The molecule has 0 aliphatic carbocycles. The van der Waals surface area contributed by atoms with Gasteiger partial charge >= 0.3 is 18.3 Å². The summed E-state index contributed by atoms with van der Waals surface area (Å²) < 4.78 is 96.2. The number of anilines is 1. The molecule has 204 valence electrons. The molecule has 1 amide bonds. The molecule has 0 aromatic heterocycles. The van der Waals surface area contributed by atoms with Crippen LogP contribution in [0.2, 0.25) is 0 Å². The summed E-state index contributed by atoms with van der Waals surface area (Å²) in [5, 5.41) is 12.6. The van der Waals surface area contributed by atoms with E-state index in [9.17, 15) is 39.6 Å². The SMILES string of the molecule is CC1CCC[N+]1(c1ccc(NC(=O)CS(C)(=O)=O)c(C(F)(F)F)c1)C1CCNC1.O=C(O)C(F)(F)F. The Balaban J connectivity index is 0.000000572. The van der Waals surface area contributed by atoms with Crippen LogP contribution in [0.1, 0.15) is 31.7 Å². The molecule has 0 saturated carbocycles. The fourth-order valence-corrected chi connectivity index (χ4v) is 5.38. The van der Waals surface area contributed by atoms with E-state index in [1.807, 2.05) is 0 Å². The second kappa shape index (κ2) is 10.9. The van der Waals surface area contributed by atoms with Gasteiger partial charge in [0.15, 0.2) is 9.84 Å². The van der Waals surface area contributed by atoms with Crippen molar-refractivity contribution in [2.24, 2.45) is 0 Å². The van der Waals surface area contributed by atoms with Gasteiger partial charge in [-0.1, -0.05) is 0 Å². The molecular weight excluding hydrogens is 520 g/mol. The maximum Gasteiger partial charge on any atom is 0.490 e. The van der Waals surface area contributed by atoms with Crippen molar-refractivity contribution in [1.82, 2.24) is 9.80 Å². The first-order chi connectivity index (χ1) is 16.4. The van der Waals surface area contributed by atoms with Crippen molar-refractivity contribution >= 4 is 33.1 Å². The number of hydrogen-bond acceptors (Lipinski definition) is 5. The Bertz CT molecular complexity index is 1070. The third kappa shape index (κ3) is 7.32. The zero-order valence-corrected chi connectivity index (χ0v) is 20.4. The van der Waals surface area contributed by atoms with E-state index in [-0.39, 0.29) is 12.1 Å². The van der Waals surface area contributed by atoms with Gasteiger partial charge in [-0.05, 0) is 13.0 Å². The molecule has 2 heterocycles. The second-order valence-electron chi connectivity index (χ2n) is 8.94. The highest BCUT2D eigenvalue weighted by Gasteiger charge is 2.49. The van der Waals surface area contributed by atoms with Crippen LogP contribution in [0.25, 0.3) is 0 Å². The quantitative estimate of drug-likeness (QED) is 0.385. The van der Waals surface area contributed by atoms with Crippen molar-refractivity contribution in [3.05, 3.63) is 23.8 Å². The lowest BCUT2D eigenvalue weighted by Crippen LogP contribution is -2.59. The van der Waals surface area contributed by atoms with Crippen molar-refractivity contribution in [2.75, 3.05) is 37.0 Å². The lowest BCUT2D eigenvalue weighted by molar-refractivity contribution is -0.192. The molecule has 1 aromatic carbocycles. The van der Waals surface area contributed by atoms with E-state index in [0.717, 1.165) is 51.2 Å². The van der Waals surface area contributed by atoms with Crippen LogP contribution in [0.4, 0.5) is 37.7 Å². The number of alkyl halides is 6. The molecule has 0 bridgehead atoms. The van der Waals surface area contributed by atoms with Crippen LogP contribution in [-0.4, -0.2) is 75.3 Å². The molecule has 0 spiro atoms. The number of carbonyl (C=O) groups excluding carboxylic acids is 1. The van der Waals surface area contributed by atoms with Gasteiger partial charge in [0.25, 0.3) is 0 Å². The Morgan fingerprint density at radius 3 is 2.19 bits per heavy atom. The van der Waals surface area contributed by atoms with Crippen molar-refractivity contribution < 1.29 is 49.5 Å². The number of carboxylic acid groups (broad SMARTS) is 1. The zero-order chi connectivity index (χ0) is 27.5. The minimum atomic E-state index is -5.08. The second-order valence-corrected chi connectivity index (χ2v) is 11.1. The Labute approximate surface area is 204 Å². The number of carboxylic acids is 1. The van der Waals surface area contributed by atoms with Gasteiger partial charge in [-0.15, -0.1) is 0 Å². The molecule has 3 atom stereocenters. The average molecular weight is 549 g/mol. The van der Waals surface area contributed by atoms with Gasteiger partial charge in [-0.3, -0.25) is 9.28 Å². The number of nitrogens with one attached hydrogen (secondary N) is 2. The van der Waals surface area contributed by atoms with E-state index in [1.165, 1.54) is 6.07 Å². The van der Waals surface area contributed by atoms with E-state index in [1.54, 1.807) is 6.07 Å². The van der Waals surface area contributed by atoms with Crippen LogP contribution >= 0.6 is 0 Å². The van der Waals surface area contributed by atoms with Crippen LogP contribution < -0.4 is 15.1 Å². The highest BCUT2D eigenvalue weighted by molar-refractivity contribution is 7.91. The first kappa shape index (κ1) is 29.8. The lowest BCUT2D eigenvalue weighted by atomic mass is 10.0. The first-order valence-electron chi connectivity index (χ1n) is 11.0. The van der Waals surface area contributed by atoms with Gasteiger partial charge < -0.3 is 15.7 Å². The summed E-state index contributed by atoms with van der Waals surface area (Å²) in [7, 11) is -3.64. The van der Waals surface area contributed by atoms with Crippen LogP contribution in [0, 0.1) is 0 Å². The fourth-order valence-electron chi connectivity index (χ4n) is 4.83. The van der Waals surface area contributed by atoms with Gasteiger partial charge in [-0.25, -0.2) is 13.2 Å². The highest BCUT2D eigenvalue weighted by atomic mass is 32.2. The minimum Gasteiger partial charge on any atom is -0.475 e. The van der Waals surface area contributed by atoms with Crippen LogP contribution in [0.15, 0.2) is 18.2 Å². The predicted molar refractivity (Wildman–Crippen MR) is 120 cm³/mol. The molecular formula is C21H28F6N3O5S+. The van der Waals surface area contributed by atoms with Crippen LogP contribution in [0.3, 0.4) is 0 Å². The largest absolute Gasteiger partial charge is 0.490 e. The Hall–Kier alpha value is -2.39. The average Bonchev–Trinajstić information content (AvgIpc) is 3.36. The number of aliphatic carboxylic acids is 1. The molecule has 8 nitrogen and oxygen atoms in total. The fraction of sp³-hybridized carbons (Fsp3) is 0.619. The summed E-state index contributed by atoms with van der Waals surface area (Å²) in [5.41, 5.74) is -0.763. The third-order valence-electron chi connectivity index (χ3n) is 6.32. The number of amides is 1. The maximum absolute atomic E-state index is 13.8. The summed E-state index contributed by atoms with van der Waals surface area (Å²) in [4.78, 5) is 20.8. The summed E-state index contributed by atoms with van der Waals surface area (Å²) in [6.07, 6.45) is -6.10. The van der Waals surface area contributed by atoms with Crippen LogP contribution in [-0.2, 0) is 25.6 Å². The number of carbonyl (C=O) groups is 2. The monoisotopic (exact) mass is 548 g/mol. The minimum absolute atomic E-state index is 0.201. The number of rotatable bonds is 5. The Kier molecular flexibility index (Phi) is 9.06. The molecule has 36 heavy (non-hydrogen) atoms. The standard InChI is InChI=1S/C19H26F3N3O3S.C2HF3O2/c1-13-4-3-9-25(13,15-7-8-23-11-15)14-5-6-17(16(10-14)19(20,21)22)24-18(26)12-29(2,27)28;3-2(4,5)1(6)7/h5-6,10,13,15,23H,3-4,7-9,11-12H2,1-2H3;(H,6,7)/p+1. The topological polar surface area (TPSA) is 113 Å². The summed E-state index contributed by atoms with van der Waals surface area (Å²) in [5.74, 6) is -4.60. The van der Waals surface area contributed by atoms with Gasteiger partial charge in [0, 0.05) is 50.7 Å². The molecule has 3 N–H and O–H groups in total. The van der Waals surface area contributed by atoms with Crippen molar-refractivity contribution in [3.63, 3.8) is 0 Å². The molecule has 3 rings (SSSR count). The molecule has 3 unspecified atom stereocenters. The summed E-state index contributed by atoms with van der Waals surface area (Å²) in [6.45, 7) is 4.48. The van der Waals surface area contributed by atoms with Gasteiger partial charge in [0.1, 0.15) is 17.5 Å². The maximum atomic E-state index is 13.8. The van der Waals surface area contributed by atoms with Crippen molar-refractivity contribution in [3.8, 4) is 0 Å². The van der Waals surface area contributed by atoms with Crippen LogP contribution in [0.5, 0.6) is 0 Å². The molecule has 15 heteroatoms. The molecule has 0 radical (unpaired) electrons. The zero-order valence-electron chi connectivity index (χ0n) is 19.5. The number of quaternary nitrogens is 1. The molecule has 1 aromatic rings. The molecule has 2 aliphatic rings. The predicted octanol–water partition coefficient (Wildman–Crippen LogP) is 3.17. The van der Waals surface area contributed by atoms with Crippen molar-refractivity contribution in [2.45, 2.75) is 50.6 Å². The van der Waals surface area contributed by atoms with Gasteiger partial charge in [0.05, 0.1) is 23.8 Å². The first-order valence-corrected chi connectivity index (χ1v) is 13.0. The smallest absolute Gasteiger partial charge is 0.475 e. The van der Waals surface area contributed by atoms with E-state index >= 15 is 0 Å². The number of halogens is 6. The summed E-state index contributed by atoms with van der Waals surface area (Å²) in [6, 6.07) is 4.44. The molecule has 2 saturated heterocycles. The van der Waals surface area contributed by atoms with Gasteiger partial charge in [0.2, 0.25) is 5.91 Å². The van der Waals surface area contributed by atoms with Crippen molar-refractivity contribution in [1.29, 1.82) is 0 Å². The Morgan fingerprint density at radius 1 is 1.17 bits per heavy atom. The lowest BCUT2D eigenvalue weighted by Gasteiger charge is -2.43. The Morgan fingerprint density at radius 2 is 1.78 bits per heavy atom.